The molecule has 0 saturated carbocycles. The third-order valence-electron chi connectivity index (χ3n) is 7.12. The summed E-state index contributed by atoms with van der Waals surface area (Å²) in [4.78, 5) is 13.7. The summed E-state index contributed by atoms with van der Waals surface area (Å²) in [5.74, 6) is -1.48. The number of hydrogen-bond donors (Lipinski definition) is 2. The standard InChI is InChI=1S/C28H31F2NO2/c1-17-6-3-10-23(18(17)2)26-25(28(33)20-7-4-9-22(29)14-20)19(11-13-32)15-24(27(26)30)21-8-5-12-31-16-21/h3-4,6-7,9-10,14,19,21,31-32H,5,8,11-13,15-16H2,1-2H3. The van der Waals surface area contributed by atoms with Crippen LogP contribution in [0.3, 0.4) is 0 Å². The highest BCUT2D eigenvalue weighted by molar-refractivity contribution is 6.15. The van der Waals surface area contributed by atoms with Gasteiger partial charge in [-0.1, -0.05) is 30.3 Å². The van der Waals surface area contributed by atoms with Gasteiger partial charge in [-0.15, -0.1) is 0 Å². The van der Waals surface area contributed by atoms with Crippen molar-refractivity contribution in [3.8, 4) is 0 Å². The number of allylic oxidation sites excluding steroid dienone is 3. The minimum atomic E-state index is -0.505. The molecule has 3 nitrogen and oxygen atoms in total. The van der Waals surface area contributed by atoms with Crippen molar-refractivity contribution in [3.63, 3.8) is 0 Å². The van der Waals surface area contributed by atoms with Crippen LogP contribution in [0, 0.1) is 31.5 Å². The Labute approximate surface area is 194 Å². The lowest BCUT2D eigenvalue weighted by molar-refractivity contribution is 0.101. The topological polar surface area (TPSA) is 49.3 Å². The highest BCUT2D eigenvalue weighted by Gasteiger charge is 2.37. The number of halogens is 2. The Morgan fingerprint density at radius 3 is 2.64 bits per heavy atom. The summed E-state index contributed by atoms with van der Waals surface area (Å²) >= 11 is 0. The van der Waals surface area contributed by atoms with Crippen molar-refractivity contribution in [1.82, 2.24) is 5.32 Å². The van der Waals surface area contributed by atoms with Crippen LogP contribution in [0.1, 0.15) is 52.7 Å². The number of piperidine rings is 1. The number of carbonyl (C=O) groups excluding carboxylic acids is 1. The number of rotatable bonds is 6. The fraction of sp³-hybridized carbons (Fsp3) is 0.393. The van der Waals surface area contributed by atoms with E-state index in [0.717, 1.165) is 36.1 Å². The first-order valence-electron chi connectivity index (χ1n) is 11.7. The van der Waals surface area contributed by atoms with Crippen LogP contribution in [0.4, 0.5) is 8.78 Å². The second-order valence-electron chi connectivity index (χ2n) is 9.17. The number of ketones is 1. The van der Waals surface area contributed by atoms with Gasteiger partial charge >= 0.3 is 0 Å². The molecular formula is C28H31F2NO2. The van der Waals surface area contributed by atoms with E-state index in [9.17, 15) is 14.3 Å². The zero-order valence-corrected chi connectivity index (χ0v) is 19.3. The third-order valence-corrected chi connectivity index (χ3v) is 7.12. The van der Waals surface area contributed by atoms with Crippen LogP contribution in [-0.4, -0.2) is 30.6 Å². The highest BCUT2D eigenvalue weighted by atomic mass is 19.1. The molecule has 1 saturated heterocycles. The molecule has 1 heterocycles. The lowest BCUT2D eigenvalue weighted by atomic mass is 9.71. The van der Waals surface area contributed by atoms with Crippen LogP contribution in [0.15, 0.2) is 59.4 Å². The van der Waals surface area contributed by atoms with Gasteiger partial charge in [0, 0.05) is 29.9 Å². The van der Waals surface area contributed by atoms with E-state index in [2.05, 4.69) is 5.32 Å². The van der Waals surface area contributed by atoms with Gasteiger partial charge < -0.3 is 10.4 Å². The Kier molecular flexibility index (Phi) is 7.20. The van der Waals surface area contributed by atoms with Gasteiger partial charge in [-0.2, -0.15) is 0 Å². The number of aryl methyl sites for hydroxylation is 1. The second kappa shape index (κ2) is 10.1. The molecule has 0 spiro atoms. The molecule has 4 rings (SSSR count). The lowest BCUT2D eigenvalue weighted by Crippen LogP contribution is -2.33. The van der Waals surface area contributed by atoms with Crippen molar-refractivity contribution in [2.45, 2.75) is 39.5 Å². The molecule has 2 aromatic carbocycles. The van der Waals surface area contributed by atoms with Crippen molar-refractivity contribution < 1.29 is 18.7 Å². The first-order chi connectivity index (χ1) is 15.9. The van der Waals surface area contributed by atoms with Crippen LogP contribution in [0.2, 0.25) is 0 Å². The van der Waals surface area contributed by atoms with Gasteiger partial charge in [0.05, 0.1) is 0 Å². The zero-order valence-electron chi connectivity index (χ0n) is 19.3. The quantitative estimate of drug-likeness (QED) is 0.554. The van der Waals surface area contributed by atoms with Crippen molar-refractivity contribution in [2.24, 2.45) is 11.8 Å². The van der Waals surface area contributed by atoms with Gasteiger partial charge in [0.25, 0.3) is 0 Å². The van der Waals surface area contributed by atoms with Gasteiger partial charge in [-0.25, -0.2) is 8.78 Å². The zero-order chi connectivity index (χ0) is 23.5. The molecular weight excluding hydrogens is 420 g/mol. The molecule has 33 heavy (non-hydrogen) atoms. The average Bonchev–Trinajstić information content (AvgIpc) is 2.82. The number of carbonyl (C=O) groups is 1. The van der Waals surface area contributed by atoms with Crippen molar-refractivity contribution >= 4 is 11.4 Å². The molecule has 5 heteroatoms. The van der Waals surface area contributed by atoms with E-state index in [0.29, 0.717) is 36.1 Å². The third kappa shape index (κ3) is 4.71. The smallest absolute Gasteiger partial charge is 0.190 e. The predicted octanol–water partition coefficient (Wildman–Crippen LogP) is 5.70. The molecule has 0 bridgehead atoms. The fourth-order valence-corrected chi connectivity index (χ4v) is 5.21. The van der Waals surface area contributed by atoms with E-state index in [1.807, 2.05) is 32.0 Å². The van der Waals surface area contributed by atoms with Crippen molar-refractivity contribution in [2.75, 3.05) is 19.7 Å². The summed E-state index contributed by atoms with van der Waals surface area (Å²) in [6.45, 7) is 5.43. The van der Waals surface area contributed by atoms with Crippen molar-refractivity contribution in [1.29, 1.82) is 0 Å². The van der Waals surface area contributed by atoms with Gasteiger partial charge in [-0.3, -0.25) is 4.79 Å². The maximum Gasteiger partial charge on any atom is 0.190 e. The Hall–Kier alpha value is -2.63. The highest BCUT2D eigenvalue weighted by Crippen LogP contribution is 2.47. The Morgan fingerprint density at radius 2 is 1.94 bits per heavy atom. The van der Waals surface area contributed by atoms with E-state index in [1.165, 1.54) is 18.2 Å². The van der Waals surface area contributed by atoms with Gasteiger partial charge in [-0.05, 0) is 92.3 Å². The molecule has 0 radical (unpaired) electrons. The Bertz CT molecular complexity index is 1110. The van der Waals surface area contributed by atoms with Crippen LogP contribution >= 0.6 is 0 Å². The lowest BCUT2D eigenvalue weighted by Gasteiger charge is -2.34. The minimum absolute atomic E-state index is 0.0610. The maximum atomic E-state index is 16.4. The van der Waals surface area contributed by atoms with Crippen LogP contribution < -0.4 is 5.32 Å². The molecule has 1 aliphatic carbocycles. The van der Waals surface area contributed by atoms with Gasteiger partial charge in [0.2, 0.25) is 0 Å². The molecule has 2 aliphatic rings. The summed E-state index contributed by atoms with van der Waals surface area (Å²) < 4.78 is 30.4. The number of aliphatic hydroxyl groups excluding tert-OH is 1. The average molecular weight is 452 g/mol. The minimum Gasteiger partial charge on any atom is -0.396 e. The van der Waals surface area contributed by atoms with E-state index in [1.54, 1.807) is 6.07 Å². The predicted molar refractivity (Wildman–Crippen MR) is 127 cm³/mol. The fourth-order valence-electron chi connectivity index (χ4n) is 5.21. The van der Waals surface area contributed by atoms with E-state index < -0.39 is 5.82 Å². The maximum absolute atomic E-state index is 16.4. The molecule has 1 aliphatic heterocycles. The number of benzene rings is 2. The molecule has 2 atom stereocenters. The number of nitrogens with one attached hydrogen (secondary N) is 1. The summed E-state index contributed by atoms with van der Waals surface area (Å²) in [6.07, 6.45) is 2.61. The SMILES string of the molecule is Cc1cccc(C2=C(C(=O)c3cccc(F)c3)C(CCO)CC(C3CCCNC3)=C2F)c1C. The first kappa shape index (κ1) is 23.5. The van der Waals surface area contributed by atoms with Gasteiger partial charge in [0.15, 0.2) is 5.78 Å². The van der Waals surface area contributed by atoms with Crippen LogP contribution in [-0.2, 0) is 0 Å². The monoisotopic (exact) mass is 451 g/mol. The van der Waals surface area contributed by atoms with E-state index in [4.69, 9.17) is 0 Å². The molecule has 2 unspecified atom stereocenters. The summed E-state index contributed by atoms with van der Waals surface area (Å²) in [7, 11) is 0. The Balaban J connectivity index is 1.97. The molecule has 2 aromatic rings. The van der Waals surface area contributed by atoms with Crippen molar-refractivity contribution in [3.05, 3.63) is 87.5 Å². The van der Waals surface area contributed by atoms with E-state index >= 15 is 4.39 Å². The molecule has 2 N–H and O–H groups in total. The van der Waals surface area contributed by atoms with E-state index in [-0.39, 0.29) is 35.6 Å². The summed E-state index contributed by atoms with van der Waals surface area (Å²) in [5.41, 5.74) is 4.20. The number of hydrogen-bond acceptors (Lipinski definition) is 3. The largest absolute Gasteiger partial charge is 0.396 e. The number of Topliss-reactive ketones (excluding diaryl/α,β-unsaturated/α-hetero) is 1. The summed E-state index contributed by atoms with van der Waals surface area (Å²) in [5, 5.41) is 13.2. The molecule has 1 fully saturated rings. The van der Waals surface area contributed by atoms with Crippen LogP contribution in [0.25, 0.3) is 5.57 Å². The molecule has 0 amide bonds. The second-order valence-corrected chi connectivity index (χ2v) is 9.17. The Morgan fingerprint density at radius 1 is 1.15 bits per heavy atom. The molecule has 0 aromatic heterocycles. The summed E-state index contributed by atoms with van der Waals surface area (Å²) in [6, 6.07) is 11.3. The first-order valence-corrected chi connectivity index (χ1v) is 11.7. The molecule has 174 valence electrons. The number of aliphatic hydroxyl groups is 1. The van der Waals surface area contributed by atoms with Crippen LogP contribution in [0.5, 0.6) is 0 Å². The van der Waals surface area contributed by atoms with Gasteiger partial charge in [0.1, 0.15) is 11.6 Å². The normalized spacial score (nSPS) is 21.5.